The molecule has 0 bridgehead atoms. The van der Waals surface area contributed by atoms with E-state index in [1.54, 1.807) is 0 Å². The van der Waals surface area contributed by atoms with Gasteiger partial charge in [-0.2, -0.15) is 0 Å². The third-order valence-electron chi connectivity index (χ3n) is 2.83. The highest BCUT2D eigenvalue weighted by atomic mass is 15.1. The van der Waals surface area contributed by atoms with Crippen LogP contribution < -0.4 is 5.32 Å². The van der Waals surface area contributed by atoms with E-state index in [0.29, 0.717) is 6.04 Å². The second kappa shape index (κ2) is 4.11. The van der Waals surface area contributed by atoms with Gasteiger partial charge in [-0.25, -0.2) is 0 Å². The van der Waals surface area contributed by atoms with E-state index in [0.717, 1.165) is 13.1 Å². The molecule has 0 aromatic heterocycles. The van der Waals surface area contributed by atoms with E-state index in [9.17, 15) is 0 Å². The van der Waals surface area contributed by atoms with Crippen molar-refractivity contribution >= 4 is 0 Å². The summed E-state index contributed by atoms with van der Waals surface area (Å²) in [6, 6.07) is 9.28. The molecule has 0 fully saturated rings. The molecule has 0 spiro atoms. The Morgan fingerprint density at radius 2 is 2.14 bits per heavy atom. The van der Waals surface area contributed by atoms with E-state index in [4.69, 9.17) is 0 Å². The predicted molar refractivity (Wildman–Crippen MR) is 59.2 cm³/mol. The van der Waals surface area contributed by atoms with E-state index in [1.807, 2.05) is 0 Å². The lowest BCUT2D eigenvalue weighted by Crippen LogP contribution is -2.20. The minimum atomic E-state index is 0.564. The molecule has 1 aliphatic rings. The maximum atomic E-state index is 3.55. The highest BCUT2D eigenvalue weighted by molar-refractivity contribution is 5.33. The zero-order valence-electron chi connectivity index (χ0n) is 8.96. The van der Waals surface area contributed by atoms with Gasteiger partial charge in [-0.15, -0.1) is 0 Å². The van der Waals surface area contributed by atoms with Crippen LogP contribution in [0.4, 0.5) is 0 Å². The van der Waals surface area contributed by atoms with Gasteiger partial charge in [0, 0.05) is 12.6 Å². The van der Waals surface area contributed by atoms with Gasteiger partial charge in [0.25, 0.3) is 0 Å². The van der Waals surface area contributed by atoms with Crippen LogP contribution in [0, 0.1) is 0 Å². The van der Waals surface area contributed by atoms with Crippen LogP contribution in [0.2, 0.25) is 0 Å². The zero-order valence-corrected chi connectivity index (χ0v) is 8.96. The fourth-order valence-corrected chi connectivity index (χ4v) is 2.02. The van der Waals surface area contributed by atoms with Gasteiger partial charge in [0.2, 0.25) is 0 Å². The van der Waals surface area contributed by atoms with Gasteiger partial charge in [-0.1, -0.05) is 24.3 Å². The second-order valence-electron chi connectivity index (χ2n) is 4.22. The first-order valence-electron chi connectivity index (χ1n) is 5.23. The Morgan fingerprint density at radius 1 is 1.36 bits per heavy atom. The number of benzene rings is 1. The molecule has 1 aromatic carbocycles. The van der Waals surface area contributed by atoms with Crippen molar-refractivity contribution in [2.24, 2.45) is 0 Å². The van der Waals surface area contributed by atoms with Crippen molar-refractivity contribution in [3.8, 4) is 0 Å². The maximum absolute atomic E-state index is 3.55. The van der Waals surface area contributed by atoms with Crippen LogP contribution in [0.25, 0.3) is 0 Å². The lowest BCUT2D eigenvalue weighted by Gasteiger charge is -2.15. The van der Waals surface area contributed by atoms with Gasteiger partial charge in [0.1, 0.15) is 0 Å². The summed E-state index contributed by atoms with van der Waals surface area (Å²) >= 11 is 0. The van der Waals surface area contributed by atoms with E-state index in [-0.39, 0.29) is 0 Å². The molecular weight excluding hydrogens is 172 g/mol. The Kier molecular flexibility index (Phi) is 2.85. The summed E-state index contributed by atoms with van der Waals surface area (Å²) in [5.41, 5.74) is 2.96. The van der Waals surface area contributed by atoms with Crippen LogP contribution >= 0.6 is 0 Å². The van der Waals surface area contributed by atoms with Crippen molar-refractivity contribution < 1.29 is 0 Å². The predicted octanol–water partition coefficient (Wildman–Crippen LogP) is 1.78. The molecule has 2 nitrogen and oxygen atoms in total. The Morgan fingerprint density at radius 3 is 2.93 bits per heavy atom. The number of rotatable bonds is 3. The van der Waals surface area contributed by atoms with Crippen molar-refractivity contribution in [2.45, 2.75) is 19.0 Å². The molecule has 0 unspecified atom stereocenters. The molecule has 1 heterocycles. The monoisotopic (exact) mass is 190 g/mol. The molecule has 76 valence electrons. The van der Waals surface area contributed by atoms with E-state index in [2.05, 4.69) is 48.6 Å². The Labute approximate surface area is 85.9 Å². The second-order valence-corrected chi connectivity index (χ2v) is 4.22. The van der Waals surface area contributed by atoms with Crippen LogP contribution in [0.3, 0.4) is 0 Å². The van der Waals surface area contributed by atoms with Crippen molar-refractivity contribution in [1.82, 2.24) is 10.2 Å². The third-order valence-corrected chi connectivity index (χ3v) is 2.83. The van der Waals surface area contributed by atoms with Crippen LogP contribution in [-0.2, 0) is 6.54 Å². The molecule has 1 N–H and O–H groups in total. The molecular formula is C12H18N2. The molecule has 1 aromatic rings. The molecule has 0 saturated carbocycles. The number of nitrogens with one attached hydrogen (secondary N) is 1. The first-order valence-corrected chi connectivity index (χ1v) is 5.23. The average molecular weight is 190 g/mol. The molecule has 0 radical (unpaired) electrons. The summed E-state index contributed by atoms with van der Waals surface area (Å²) in [6.45, 7) is 2.18. The van der Waals surface area contributed by atoms with E-state index in [1.165, 1.54) is 17.5 Å². The summed E-state index contributed by atoms with van der Waals surface area (Å²) < 4.78 is 0. The maximum Gasteiger partial charge on any atom is 0.0338 e. The third kappa shape index (κ3) is 1.97. The van der Waals surface area contributed by atoms with Crippen molar-refractivity contribution in [1.29, 1.82) is 0 Å². The summed E-state index contributed by atoms with van der Waals surface area (Å²) in [6.07, 6.45) is 1.20. The molecule has 1 atom stereocenters. The fourth-order valence-electron chi connectivity index (χ4n) is 2.02. The van der Waals surface area contributed by atoms with E-state index >= 15 is 0 Å². The Balaban J connectivity index is 2.03. The van der Waals surface area contributed by atoms with Crippen LogP contribution in [0.15, 0.2) is 24.3 Å². The highest BCUT2D eigenvalue weighted by Crippen LogP contribution is 2.27. The summed E-state index contributed by atoms with van der Waals surface area (Å²) in [5.74, 6) is 0. The zero-order chi connectivity index (χ0) is 9.97. The normalized spacial score (nSPS) is 20.1. The van der Waals surface area contributed by atoms with Gasteiger partial charge >= 0.3 is 0 Å². The lowest BCUT2D eigenvalue weighted by atomic mass is 10.0. The number of nitrogens with zero attached hydrogens (tertiary/aromatic N) is 1. The lowest BCUT2D eigenvalue weighted by molar-refractivity contribution is 0.368. The fraction of sp³-hybridized carbons (Fsp3) is 0.500. The van der Waals surface area contributed by atoms with Gasteiger partial charge in [-0.3, -0.25) is 0 Å². The van der Waals surface area contributed by atoms with Crippen molar-refractivity contribution in [3.05, 3.63) is 35.4 Å². The van der Waals surface area contributed by atoms with E-state index < -0.39 is 0 Å². The molecule has 2 heteroatoms. The largest absolute Gasteiger partial charge is 0.309 e. The topological polar surface area (TPSA) is 15.3 Å². The molecule has 0 saturated heterocycles. The van der Waals surface area contributed by atoms with Gasteiger partial charge < -0.3 is 10.2 Å². The quantitative estimate of drug-likeness (QED) is 0.781. The molecule has 1 aliphatic heterocycles. The number of hydrogen-bond donors (Lipinski definition) is 1. The summed E-state index contributed by atoms with van der Waals surface area (Å²) in [4.78, 5) is 2.24. The molecule has 0 amide bonds. The Hall–Kier alpha value is -0.860. The van der Waals surface area contributed by atoms with Crippen molar-refractivity contribution in [2.75, 3.05) is 20.6 Å². The highest BCUT2D eigenvalue weighted by Gasteiger charge is 2.20. The average Bonchev–Trinajstić information content (AvgIpc) is 2.58. The van der Waals surface area contributed by atoms with Gasteiger partial charge in [0.05, 0.1) is 0 Å². The molecule has 0 aliphatic carbocycles. The molecule has 2 rings (SSSR count). The van der Waals surface area contributed by atoms with Crippen LogP contribution in [0.5, 0.6) is 0 Å². The number of hydrogen-bond acceptors (Lipinski definition) is 2. The van der Waals surface area contributed by atoms with Crippen LogP contribution in [-0.4, -0.2) is 25.5 Å². The van der Waals surface area contributed by atoms with Gasteiger partial charge in [0.15, 0.2) is 0 Å². The SMILES string of the molecule is CN(C)CC[C@H]1NCc2ccccc21. The smallest absolute Gasteiger partial charge is 0.0338 e. The first kappa shape index (κ1) is 9.69. The Bertz CT molecular complexity index is 307. The van der Waals surface area contributed by atoms with Gasteiger partial charge in [-0.05, 0) is 38.2 Å². The molecule has 14 heavy (non-hydrogen) atoms. The summed E-state index contributed by atoms with van der Waals surface area (Å²) in [5, 5.41) is 3.55. The number of fused-ring (bicyclic) bond motifs is 1. The van der Waals surface area contributed by atoms with Crippen molar-refractivity contribution in [3.63, 3.8) is 0 Å². The first-order chi connectivity index (χ1) is 6.77. The minimum Gasteiger partial charge on any atom is -0.309 e. The van der Waals surface area contributed by atoms with Crippen LogP contribution in [0.1, 0.15) is 23.6 Å². The standard InChI is InChI=1S/C12H18N2/c1-14(2)8-7-12-11-6-4-3-5-10(11)9-13-12/h3-6,12-13H,7-9H2,1-2H3/t12-/m1/s1. The summed E-state index contributed by atoms with van der Waals surface area (Å²) in [7, 11) is 4.25. The minimum absolute atomic E-state index is 0.564.